The van der Waals surface area contributed by atoms with E-state index >= 15 is 0 Å². The molecule has 2 aliphatic heterocycles. The van der Waals surface area contributed by atoms with Gasteiger partial charge in [-0.2, -0.15) is 0 Å². The maximum Gasteiger partial charge on any atom is 0.308 e. The smallest absolute Gasteiger partial charge is 0.308 e. The van der Waals surface area contributed by atoms with Crippen LogP contribution in [0.3, 0.4) is 0 Å². The van der Waals surface area contributed by atoms with E-state index in [1.54, 1.807) is 9.80 Å². The molecule has 1 aromatic carbocycles. The van der Waals surface area contributed by atoms with Crippen LogP contribution in [0.15, 0.2) is 30.3 Å². The number of benzene rings is 1. The van der Waals surface area contributed by atoms with Gasteiger partial charge in [-0.05, 0) is 25.0 Å². The van der Waals surface area contributed by atoms with Gasteiger partial charge in [0.15, 0.2) is 0 Å². The Balaban J connectivity index is 1.67. The molecule has 6 heteroatoms. The molecule has 0 aromatic heterocycles. The first-order valence-corrected chi connectivity index (χ1v) is 7.93. The lowest BCUT2D eigenvalue weighted by atomic mass is 9.96. The molecule has 122 valence electrons. The van der Waals surface area contributed by atoms with E-state index in [0.29, 0.717) is 25.9 Å². The van der Waals surface area contributed by atoms with Gasteiger partial charge in [0.25, 0.3) is 0 Å². The summed E-state index contributed by atoms with van der Waals surface area (Å²) >= 11 is 0. The van der Waals surface area contributed by atoms with Crippen molar-refractivity contribution in [3.8, 4) is 0 Å². The SMILES string of the molecule is O=C(O)C1CCCN(C(=O)C2CC(=O)N(c3ccccc3)C2)C1. The summed E-state index contributed by atoms with van der Waals surface area (Å²) in [6.45, 7) is 1.21. The summed E-state index contributed by atoms with van der Waals surface area (Å²) in [5, 5.41) is 9.14. The Labute approximate surface area is 134 Å². The highest BCUT2D eigenvalue weighted by Gasteiger charge is 2.39. The van der Waals surface area contributed by atoms with Gasteiger partial charge < -0.3 is 14.9 Å². The summed E-state index contributed by atoms with van der Waals surface area (Å²) in [6, 6.07) is 9.31. The molecule has 2 amide bonds. The zero-order chi connectivity index (χ0) is 16.4. The summed E-state index contributed by atoms with van der Waals surface area (Å²) in [7, 11) is 0. The first kappa shape index (κ1) is 15.5. The van der Waals surface area contributed by atoms with Gasteiger partial charge in [0, 0.05) is 31.7 Å². The molecular weight excluding hydrogens is 296 g/mol. The van der Waals surface area contributed by atoms with Crippen molar-refractivity contribution in [2.75, 3.05) is 24.5 Å². The van der Waals surface area contributed by atoms with Gasteiger partial charge in [-0.1, -0.05) is 18.2 Å². The molecule has 0 radical (unpaired) electrons. The summed E-state index contributed by atoms with van der Waals surface area (Å²) < 4.78 is 0. The fourth-order valence-corrected chi connectivity index (χ4v) is 3.37. The van der Waals surface area contributed by atoms with Crippen LogP contribution in [0.25, 0.3) is 0 Å². The van der Waals surface area contributed by atoms with E-state index in [4.69, 9.17) is 5.11 Å². The average molecular weight is 316 g/mol. The third kappa shape index (κ3) is 3.21. The van der Waals surface area contributed by atoms with E-state index in [1.165, 1.54) is 0 Å². The number of nitrogens with zero attached hydrogens (tertiary/aromatic N) is 2. The van der Waals surface area contributed by atoms with Gasteiger partial charge in [0.1, 0.15) is 0 Å². The molecule has 6 nitrogen and oxygen atoms in total. The second-order valence-electron chi connectivity index (χ2n) is 6.20. The van der Waals surface area contributed by atoms with E-state index in [1.807, 2.05) is 30.3 Å². The van der Waals surface area contributed by atoms with Crippen molar-refractivity contribution < 1.29 is 19.5 Å². The molecule has 1 N–H and O–H groups in total. The van der Waals surface area contributed by atoms with E-state index < -0.39 is 11.9 Å². The second kappa shape index (κ2) is 6.40. The Kier molecular flexibility index (Phi) is 4.32. The third-order valence-electron chi connectivity index (χ3n) is 4.62. The van der Waals surface area contributed by atoms with Crippen LogP contribution in [0.4, 0.5) is 5.69 Å². The molecule has 0 saturated carbocycles. The van der Waals surface area contributed by atoms with Crippen LogP contribution < -0.4 is 4.90 Å². The maximum absolute atomic E-state index is 12.6. The van der Waals surface area contributed by atoms with Gasteiger partial charge in [-0.15, -0.1) is 0 Å². The molecule has 2 unspecified atom stereocenters. The van der Waals surface area contributed by atoms with Crippen LogP contribution in [-0.2, 0) is 14.4 Å². The molecule has 2 heterocycles. The van der Waals surface area contributed by atoms with Crippen molar-refractivity contribution in [1.29, 1.82) is 0 Å². The summed E-state index contributed by atoms with van der Waals surface area (Å²) in [6.07, 6.45) is 1.51. The molecule has 2 saturated heterocycles. The molecular formula is C17H20N2O4. The zero-order valence-corrected chi connectivity index (χ0v) is 12.9. The monoisotopic (exact) mass is 316 g/mol. The molecule has 2 fully saturated rings. The number of carbonyl (C=O) groups is 3. The lowest BCUT2D eigenvalue weighted by Gasteiger charge is -2.32. The molecule has 1 aromatic rings. The number of piperidine rings is 1. The topological polar surface area (TPSA) is 77.9 Å². The number of hydrogen-bond donors (Lipinski definition) is 1. The number of hydrogen-bond acceptors (Lipinski definition) is 3. The highest BCUT2D eigenvalue weighted by molar-refractivity contribution is 6.00. The number of para-hydroxylation sites is 1. The van der Waals surface area contributed by atoms with Gasteiger partial charge in [0.05, 0.1) is 11.8 Å². The van der Waals surface area contributed by atoms with Gasteiger partial charge in [-0.25, -0.2) is 0 Å². The van der Waals surface area contributed by atoms with Crippen molar-refractivity contribution in [3.05, 3.63) is 30.3 Å². The summed E-state index contributed by atoms with van der Waals surface area (Å²) in [5.74, 6) is -1.87. The van der Waals surface area contributed by atoms with Crippen LogP contribution in [0.5, 0.6) is 0 Å². The predicted octanol–water partition coefficient (Wildman–Crippen LogP) is 1.36. The molecule has 2 aliphatic rings. The van der Waals surface area contributed by atoms with Crippen molar-refractivity contribution in [1.82, 2.24) is 4.90 Å². The number of carbonyl (C=O) groups excluding carboxylic acids is 2. The molecule has 23 heavy (non-hydrogen) atoms. The Morgan fingerprint density at radius 1 is 1.09 bits per heavy atom. The highest BCUT2D eigenvalue weighted by Crippen LogP contribution is 2.27. The largest absolute Gasteiger partial charge is 0.481 e. The Morgan fingerprint density at radius 2 is 1.83 bits per heavy atom. The van der Waals surface area contributed by atoms with E-state index in [-0.39, 0.29) is 30.7 Å². The van der Waals surface area contributed by atoms with Gasteiger partial charge >= 0.3 is 5.97 Å². The quantitative estimate of drug-likeness (QED) is 0.913. The number of carboxylic acids is 1. The van der Waals surface area contributed by atoms with Crippen LogP contribution >= 0.6 is 0 Å². The summed E-state index contributed by atoms with van der Waals surface area (Å²) in [4.78, 5) is 39.2. The number of anilines is 1. The first-order valence-electron chi connectivity index (χ1n) is 7.93. The van der Waals surface area contributed by atoms with Crippen molar-refractivity contribution in [2.45, 2.75) is 19.3 Å². The van der Waals surface area contributed by atoms with Gasteiger partial charge in [0.2, 0.25) is 11.8 Å². The first-order chi connectivity index (χ1) is 11.1. The minimum absolute atomic E-state index is 0.0543. The molecule has 2 atom stereocenters. The number of rotatable bonds is 3. The van der Waals surface area contributed by atoms with Gasteiger partial charge in [-0.3, -0.25) is 14.4 Å². The Bertz CT molecular complexity index is 616. The Morgan fingerprint density at radius 3 is 2.52 bits per heavy atom. The predicted molar refractivity (Wildman–Crippen MR) is 83.8 cm³/mol. The average Bonchev–Trinajstić information content (AvgIpc) is 2.97. The molecule has 3 rings (SSSR count). The summed E-state index contributed by atoms with van der Waals surface area (Å²) in [5.41, 5.74) is 0.801. The number of carboxylic acid groups (broad SMARTS) is 1. The molecule has 0 spiro atoms. The maximum atomic E-state index is 12.6. The molecule has 0 aliphatic carbocycles. The van der Waals surface area contributed by atoms with Crippen molar-refractivity contribution in [2.24, 2.45) is 11.8 Å². The molecule has 0 bridgehead atoms. The zero-order valence-electron chi connectivity index (χ0n) is 12.9. The lowest BCUT2D eigenvalue weighted by Crippen LogP contribution is -2.45. The lowest BCUT2D eigenvalue weighted by molar-refractivity contribution is -0.146. The van der Waals surface area contributed by atoms with Crippen LogP contribution in [0, 0.1) is 11.8 Å². The number of aliphatic carboxylic acids is 1. The standard InChI is InChI=1S/C17H20N2O4/c20-15-9-13(11-19(15)14-6-2-1-3-7-14)16(21)18-8-4-5-12(10-18)17(22)23/h1-3,6-7,12-13H,4-5,8-11H2,(H,22,23). The van der Waals surface area contributed by atoms with E-state index in [2.05, 4.69) is 0 Å². The van der Waals surface area contributed by atoms with Crippen LogP contribution in [-0.4, -0.2) is 47.4 Å². The van der Waals surface area contributed by atoms with Crippen molar-refractivity contribution >= 4 is 23.5 Å². The Hall–Kier alpha value is -2.37. The van der Waals surface area contributed by atoms with E-state index in [0.717, 1.165) is 5.69 Å². The highest BCUT2D eigenvalue weighted by atomic mass is 16.4. The van der Waals surface area contributed by atoms with Crippen molar-refractivity contribution in [3.63, 3.8) is 0 Å². The fraction of sp³-hybridized carbons (Fsp3) is 0.471. The number of amides is 2. The third-order valence-corrected chi connectivity index (χ3v) is 4.62. The normalized spacial score (nSPS) is 24.8. The van der Waals surface area contributed by atoms with Crippen LogP contribution in [0.1, 0.15) is 19.3 Å². The minimum Gasteiger partial charge on any atom is -0.481 e. The van der Waals surface area contributed by atoms with Crippen LogP contribution in [0.2, 0.25) is 0 Å². The fourth-order valence-electron chi connectivity index (χ4n) is 3.37. The van der Waals surface area contributed by atoms with E-state index in [9.17, 15) is 14.4 Å². The number of likely N-dealkylation sites (tertiary alicyclic amines) is 1. The second-order valence-corrected chi connectivity index (χ2v) is 6.20. The minimum atomic E-state index is -0.851.